The molecule has 14 heavy (non-hydrogen) atoms. The van der Waals surface area contributed by atoms with Crippen molar-refractivity contribution in [3.05, 3.63) is 48.6 Å². The van der Waals surface area contributed by atoms with Gasteiger partial charge < -0.3 is 5.11 Å². The lowest BCUT2D eigenvalue weighted by atomic mass is 9.98. The highest BCUT2D eigenvalue weighted by atomic mass is 16.3. The highest BCUT2D eigenvalue weighted by molar-refractivity contribution is 5.14. The Hall–Kier alpha value is -1.08. The zero-order chi connectivity index (χ0) is 10.4. The van der Waals surface area contributed by atoms with E-state index in [1.807, 2.05) is 25.1 Å². The Morgan fingerprint density at radius 1 is 1.36 bits per heavy atom. The highest BCUT2D eigenvalue weighted by Crippen LogP contribution is 2.11. The van der Waals surface area contributed by atoms with Crippen LogP contribution in [0.1, 0.15) is 18.9 Å². The van der Waals surface area contributed by atoms with E-state index in [2.05, 4.69) is 18.7 Å². The monoisotopic (exact) mass is 190 g/mol. The van der Waals surface area contributed by atoms with Crippen molar-refractivity contribution < 1.29 is 5.11 Å². The summed E-state index contributed by atoms with van der Waals surface area (Å²) < 4.78 is 0. The van der Waals surface area contributed by atoms with Gasteiger partial charge in [0.25, 0.3) is 0 Å². The minimum Gasteiger partial charge on any atom is -0.393 e. The first-order valence-corrected chi connectivity index (χ1v) is 5.08. The summed E-state index contributed by atoms with van der Waals surface area (Å²) in [5, 5.41) is 9.71. The molecule has 0 radical (unpaired) electrons. The van der Waals surface area contributed by atoms with Crippen LogP contribution in [0.2, 0.25) is 0 Å². The summed E-state index contributed by atoms with van der Waals surface area (Å²) in [6.45, 7) is 5.67. The molecular formula is C13H18O. The molecular weight excluding hydrogens is 172 g/mol. The minimum absolute atomic E-state index is 0.179. The van der Waals surface area contributed by atoms with Crippen LogP contribution in [0, 0.1) is 5.92 Å². The first-order chi connectivity index (χ1) is 6.74. The standard InChI is InChI=1S/C13H18O/c1-3-11(2)13(14)10-9-12-7-5-4-6-8-12/h3-8,11,13-14H,1,9-10H2,2H3/t11-,13-/m1/s1. The summed E-state index contributed by atoms with van der Waals surface area (Å²) in [5.41, 5.74) is 1.28. The number of benzene rings is 1. The van der Waals surface area contributed by atoms with E-state index in [0.717, 1.165) is 12.8 Å². The Morgan fingerprint density at radius 3 is 2.57 bits per heavy atom. The molecule has 0 aliphatic rings. The fraction of sp³-hybridized carbons (Fsp3) is 0.385. The van der Waals surface area contributed by atoms with Gasteiger partial charge in [-0.2, -0.15) is 0 Å². The van der Waals surface area contributed by atoms with Crippen molar-refractivity contribution in [1.29, 1.82) is 0 Å². The molecule has 0 spiro atoms. The second kappa shape index (κ2) is 5.61. The molecule has 76 valence electrons. The number of rotatable bonds is 5. The fourth-order valence-corrected chi connectivity index (χ4v) is 1.38. The summed E-state index contributed by atoms with van der Waals surface area (Å²) in [6.07, 6.45) is 3.26. The van der Waals surface area contributed by atoms with Gasteiger partial charge in [0.15, 0.2) is 0 Å². The first-order valence-electron chi connectivity index (χ1n) is 5.08. The van der Waals surface area contributed by atoms with Crippen molar-refractivity contribution in [3.63, 3.8) is 0 Å². The van der Waals surface area contributed by atoms with E-state index in [9.17, 15) is 5.11 Å². The second-order valence-corrected chi connectivity index (χ2v) is 3.69. The average molecular weight is 190 g/mol. The summed E-state index contributed by atoms with van der Waals surface area (Å²) >= 11 is 0. The van der Waals surface area contributed by atoms with Crippen LogP contribution in [0.15, 0.2) is 43.0 Å². The van der Waals surface area contributed by atoms with Gasteiger partial charge in [-0.1, -0.05) is 43.3 Å². The maximum absolute atomic E-state index is 9.71. The molecule has 1 nitrogen and oxygen atoms in total. The third-order valence-corrected chi connectivity index (χ3v) is 2.55. The first kappa shape index (κ1) is 11.0. The Balaban J connectivity index is 2.37. The minimum atomic E-state index is -0.271. The number of aliphatic hydroxyl groups is 1. The van der Waals surface area contributed by atoms with E-state index >= 15 is 0 Å². The van der Waals surface area contributed by atoms with Crippen LogP contribution in [-0.4, -0.2) is 11.2 Å². The SMILES string of the molecule is C=C[C@@H](C)[C@H](O)CCc1ccccc1. The normalized spacial score (nSPS) is 14.7. The Morgan fingerprint density at radius 2 is 2.00 bits per heavy atom. The van der Waals surface area contributed by atoms with Crippen molar-refractivity contribution in [3.8, 4) is 0 Å². The Labute approximate surface area is 86.1 Å². The number of aryl methyl sites for hydroxylation is 1. The van der Waals surface area contributed by atoms with E-state index in [1.54, 1.807) is 6.08 Å². The molecule has 0 aliphatic carbocycles. The molecule has 0 aromatic heterocycles. The van der Waals surface area contributed by atoms with Crippen molar-refractivity contribution in [2.24, 2.45) is 5.92 Å². The maximum atomic E-state index is 9.71. The predicted octanol–water partition coefficient (Wildman–Crippen LogP) is 2.80. The lowest BCUT2D eigenvalue weighted by Crippen LogP contribution is -2.16. The number of hydrogen-bond donors (Lipinski definition) is 1. The van der Waals surface area contributed by atoms with Gasteiger partial charge in [0, 0.05) is 0 Å². The number of hydrogen-bond acceptors (Lipinski definition) is 1. The lowest BCUT2D eigenvalue weighted by Gasteiger charge is -2.14. The molecule has 0 heterocycles. The van der Waals surface area contributed by atoms with Crippen LogP contribution < -0.4 is 0 Å². The molecule has 1 heteroatoms. The van der Waals surface area contributed by atoms with Crippen molar-refractivity contribution in [1.82, 2.24) is 0 Å². The van der Waals surface area contributed by atoms with Gasteiger partial charge in [-0.3, -0.25) is 0 Å². The molecule has 0 aliphatic heterocycles. The van der Waals surface area contributed by atoms with Crippen LogP contribution in [0.5, 0.6) is 0 Å². The summed E-state index contributed by atoms with van der Waals surface area (Å²) in [4.78, 5) is 0. The fourth-order valence-electron chi connectivity index (χ4n) is 1.38. The topological polar surface area (TPSA) is 20.2 Å². The van der Waals surface area contributed by atoms with Gasteiger partial charge in [0.1, 0.15) is 0 Å². The van der Waals surface area contributed by atoms with Crippen LogP contribution in [-0.2, 0) is 6.42 Å². The van der Waals surface area contributed by atoms with Crippen molar-refractivity contribution in [2.75, 3.05) is 0 Å². The molecule has 1 rings (SSSR count). The largest absolute Gasteiger partial charge is 0.393 e. The van der Waals surface area contributed by atoms with Crippen LogP contribution in [0.3, 0.4) is 0 Å². The van der Waals surface area contributed by atoms with E-state index in [1.165, 1.54) is 5.56 Å². The molecule has 1 aromatic rings. The molecule has 1 aromatic carbocycles. The molecule has 0 saturated heterocycles. The Kier molecular flexibility index (Phi) is 4.41. The van der Waals surface area contributed by atoms with E-state index < -0.39 is 0 Å². The molecule has 0 bridgehead atoms. The van der Waals surface area contributed by atoms with E-state index in [4.69, 9.17) is 0 Å². The van der Waals surface area contributed by atoms with Gasteiger partial charge in [-0.05, 0) is 24.3 Å². The molecule has 0 amide bonds. The van der Waals surface area contributed by atoms with Gasteiger partial charge in [0.05, 0.1) is 6.10 Å². The lowest BCUT2D eigenvalue weighted by molar-refractivity contribution is 0.129. The van der Waals surface area contributed by atoms with Crippen LogP contribution in [0.4, 0.5) is 0 Å². The van der Waals surface area contributed by atoms with Crippen LogP contribution in [0.25, 0.3) is 0 Å². The second-order valence-electron chi connectivity index (χ2n) is 3.69. The van der Waals surface area contributed by atoms with Gasteiger partial charge in [-0.25, -0.2) is 0 Å². The predicted molar refractivity (Wildman–Crippen MR) is 60.1 cm³/mol. The molecule has 2 atom stereocenters. The zero-order valence-electron chi connectivity index (χ0n) is 8.69. The highest BCUT2D eigenvalue weighted by Gasteiger charge is 2.09. The van der Waals surface area contributed by atoms with E-state index in [0.29, 0.717) is 0 Å². The summed E-state index contributed by atoms with van der Waals surface area (Å²) in [5.74, 6) is 0.179. The van der Waals surface area contributed by atoms with Crippen molar-refractivity contribution in [2.45, 2.75) is 25.9 Å². The summed E-state index contributed by atoms with van der Waals surface area (Å²) in [6, 6.07) is 10.2. The van der Waals surface area contributed by atoms with Crippen molar-refractivity contribution >= 4 is 0 Å². The molecule has 0 saturated carbocycles. The van der Waals surface area contributed by atoms with Crippen LogP contribution >= 0.6 is 0 Å². The van der Waals surface area contributed by atoms with Gasteiger partial charge in [-0.15, -0.1) is 6.58 Å². The third-order valence-electron chi connectivity index (χ3n) is 2.55. The average Bonchev–Trinajstić information content (AvgIpc) is 2.26. The Bertz CT molecular complexity index is 266. The molecule has 1 N–H and O–H groups in total. The summed E-state index contributed by atoms with van der Waals surface area (Å²) in [7, 11) is 0. The maximum Gasteiger partial charge on any atom is 0.0603 e. The quantitative estimate of drug-likeness (QED) is 0.708. The van der Waals surface area contributed by atoms with Gasteiger partial charge in [0.2, 0.25) is 0 Å². The van der Waals surface area contributed by atoms with Gasteiger partial charge >= 0.3 is 0 Å². The molecule has 0 fully saturated rings. The van der Waals surface area contributed by atoms with E-state index in [-0.39, 0.29) is 12.0 Å². The zero-order valence-corrected chi connectivity index (χ0v) is 8.69. The third kappa shape index (κ3) is 3.35. The smallest absolute Gasteiger partial charge is 0.0603 e. The number of aliphatic hydroxyl groups excluding tert-OH is 1. The molecule has 0 unspecified atom stereocenters.